The number of carbonyl (C=O) groups is 2. The molecule has 0 spiro atoms. The molecule has 16 heavy (non-hydrogen) atoms. The molecule has 3 nitrogen and oxygen atoms in total. The quantitative estimate of drug-likeness (QED) is 0.765. The van der Waals surface area contributed by atoms with Crippen LogP contribution in [0.25, 0.3) is 0 Å². The zero-order chi connectivity index (χ0) is 12.1. The molecule has 0 radical (unpaired) electrons. The van der Waals surface area contributed by atoms with Gasteiger partial charge in [-0.1, -0.05) is 22.9 Å². The second-order valence-corrected chi connectivity index (χ2v) is 4.87. The van der Waals surface area contributed by atoms with Crippen LogP contribution in [0.4, 0.5) is 0 Å². The highest BCUT2D eigenvalue weighted by Gasteiger charge is 2.11. The molecule has 0 bridgehead atoms. The number of hydrogen-bond acceptors (Lipinski definition) is 3. The molecule has 0 aliphatic heterocycles. The summed E-state index contributed by atoms with van der Waals surface area (Å²) in [5, 5.41) is 0. The van der Waals surface area contributed by atoms with E-state index < -0.39 is 0 Å². The fraction of sp³-hybridized carbons (Fsp3) is 0.273. The Kier molecular flexibility index (Phi) is 5.15. The van der Waals surface area contributed by atoms with E-state index >= 15 is 0 Å². The third kappa shape index (κ3) is 3.42. The fourth-order valence-corrected chi connectivity index (χ4v) is 2.45. The van der Waals surface area contributed by atoms with Crippen LogP contribution in [0.1, 0.15) is 23.7 Å². The predicted octanol–water partition coefficient (Wildman–Crippen LogP) is 3.38. The van der Waals surface area contributed by atoms with Crippen LogP contribution in [0.5, 0.6) is 5.75 Å². The maximum Gasteiger partial charge on any atom is 0.169 e. The van der Waals surface area contributed by atoms with E-state index in [9.17, 15) is 9.59 Å². The number of Topliss-reactive ketones (excluding diaryl/α,β-unsaturated/α-hetero) is 1. The normalized spacial score (nSPS) is 9.94. The Morgan fingerprint density at radius 3 is 2.69 bits per heavy atom. The van der Waals surface area contributed by atoms with E-state index in [1.807, 2.05) is 0 Å². The van der Waals surface area contributed by atoms with Gasteiger partial charge in [0.1, 0.15) is 12.4 Å². The lowest BCUT2D eigenvalue weighted by atomic mass is 10.2. The van der Waals surface area contributed by atoms with Crippen molar-refractivity contribution in [3.8, 4) is 5.75 Å². The number of aldehydes is 1. The summed E-state index contributed by atoms with van der Waals surface area (Å²) in [7, 11) is 0. The molecule has 0 fully saturated rings. The fourth-order valence-electron chi connectivity index (χ4n) is 1.07. The zero-order valence-electron chi connectivity index (χ0n) is 8.63. The van der Waals surface area contributed by atoms with Gasteiger partial charge >= 0.3 is 0 Å². The number of benzene rings is 1. The third-order valence-electron chi connectivity index (χ3n) is 1.94. The lowest BCUT2D eigenvalue weighted by Gasteiger charge is -2.09. The minimum absolute atomic E-state index is 0.00772. The monoisotopic (exact) mass is 348 g/mol. The van der Waals surface area contributed by atoms with Gasteiger partial charge in [-0.05, 0) is 28.1 Å². The first-order valence-electron chi connectivity index (χ1n) is 4.67. The van der Waals surface area contributed by atoms with Crippen LogP contribution in [0.2, 0.25) is 0 Å². The van der Waals surface area contributed by atoms with Gasteiger partial charge in [-0.2, -0.15) is 0 Å². The number of carbonyl (C=O) groups excluding carboxylic acids is 2. The van der Waals surface area contributed by atoms with Gasteiger partial charge in [0.25, 0.3) is 0 Å². The van der Waals surface area contributed by atoms with Crippen molar-refractivity contribution in [3.05, 3.63) is 26.6 Å². The second kappa shape index (κ2) is 6.15. The second-order valence-electron chi connectivity index (χ2n) is 3.10. The number of hydrogen-bond donors (Lipinski definition) is 0. The van der Waals surface area contributed by atoms with Crippen molar-refractivity contribution in [3.63, 3.8) is 0 Å². The zero-order valence-corrected chi connectivity index (χ0v) is 11.8. The molecule has 0 aromatic heterocycles. The standard InChI is InChI=1S/C11H10Br2O3/c1-2-9(15)6-16-11-7(5-14)3-8(12)4-10(11)13/h3-5H,2,6H2,1H3. The van der Waals surface area contributed by atoms with Crippen LogP contribution in [0, 0.1) is 0 Å². The molecule has 0 unspecified atom stereocenters. The summed E-state index contributed by atoms with van der Waals surface area (Å²) in [6.07, 6.45) is 1.12. The first-order valence-corrected chi connectivity index (χ1v) is 6.25. The number of rotatable bonds is 5. The minimum Gasteiger partial charge on any atom is -0.484 e. The van der Waals surface area contributed by atoms with E-state index in [0.29, 0.717) is 28.5 Å². The number of ether oxygens (including phenoxy) is 1. The Hall–Kier alpha value is -0.680. The summed E-state index contributed by atoms with van der Waals surface area (Å²) in [6.45, 7) is 1.75. The topological polar surface area (TPSA) is 43.4 Å². The Balaban J connectivity index is 2.94. The molecular weight excluding hydrogens is 340 g/mol. The van der Waals surface area contributed by atoms with Crippen molar-refractivity contribution in [2.45, 2.75) is 13.3 Å². The van der Waals surface area contributed by atoms with Gasteiger partial charge in [-0.3, -0.25) is 9.59 Å². The summed E-state index contributed by atoms with van der Waals surface area (Å²) >= 11 is 6.56. The summed E-state index contributed by atoms with van der Waals surface area (Å²) in [6, 6.07) is 3.41. The first-order chi connectivity index (χ1) is 7.58. The predicted molar refractivity (Wildman–Crippen MR) is 68.0 cm³/mol. The average Bonchev–Trinajstić information content (AvgIpc) is 2.26. The smallest absolute Gasteiger partial charge is 0.169 e. The van der Waals surface area contributed by atoms with E-state index in [2.05, 4.69) is 31.9 Å². The summed E-state index contributed by atoms with van der Waals surface area (Å²) in [4.78, 5) is 22.0. The highest BCUT2D eigenvalue weighted by Crippen LogP contribution is 2.31. The van der Waals surface area contributed by atoms with E-state index in [0.717, 1.165) is 4.47 Å². The van der Waals surface area contributed by atoms with E-state index in [4.69, 9.17) is 4.74 Å². The largest absolute Gasteiger partial charge is 0.484 e. The summed E-state index contributed by atoms with van der Waals surface area (Å²) < 4.78 is 6.74. The molecule has 0 heterocycles. The maximum absolute atomic E-state index is 11.1. The van der Waals surface area contributed by atoms with Crippen molar-refractivity contribution >= 4 is 43.9 Å². The molecule has 0 aliphatic rings. The van der Waals surface area contributed by atoms with Gasteiger partial charge in [-0.15, -0.1) is 0 Å². The lowest BCUT2D eigenvalue weighted by molar-refractivity contribution is -0.120. The van der Waals surface area contributed by atoms with Gasteiger partial charge in [-0.25, -0.2) is 0 Å². The van der Waals surface area contributed by atoms with E-state index in [1.165, 1.54) is 0 Å². The first kappa shape index (κ1) is 13.4. The van der Waals surface area contributed by atoms with Crippen molar-refractivity contribution in [2.75, 3.05) is 6.61 Å². The van der Waals surface area contributed by atoms with Crippen molar-refractivity contribution in [1.29, 1.82) is 0 Å². The molecule has 86 valence electrons. The van der Waals surface area contributed by atoms with Crippen molar-refractivity contribution in [1.82, 2.24) is 0 Å². The molecule has 0 amide bonds. The van der Waals surface area contributed by atoms with Crippen LogP contribution in [0.3, 0.4) is 0 Å². The van der Waals surface area contributed by atoms with Gasteiger partial charge < -0.3 is 4.74 Å². The molecule has 5 heteroatoms. The van der Waals surface area contributed by atoms with Crippen LogP contribution < -0.4 is 4.74 Å². The van der Waals surface area contributed by atoms with E-state index in [1.54, 1.807) is 19.1 Å². The minimum atomic E-state index is -0.0163. The molecule has 1 rings (SSSR count). The highest BCUT2D eigenvalue weighted by atomic mass is 79.9. The molecular formula is C11H10Br2O3. The average molecular weight is 350 g/mol. The number of halogens is 2. The summed E-state index contributed by atoms with van der Waals surface area (Å²) in [5.74, 6) is 0.395. The van der Waals surface area contributed by atoms with Gasteiger partial charge in [0.2, 0.25) is 0 Å². The van der Waals surface area contributed by atoms with E-state index in [-0.39, 0.29) is 12.4 Å². The number of ketones is 1. The van der Waals surface area contributed by atoms with Gasteiger partial charge in [0, 0.05) is 10.9 Å². The lowest BCUT2D eigenvalue weighted by Crippen LogP contribution is -2.11. The Morgan fingerprint density at radius 2 is 2.12 bits per heavy atom. The van der Waals surface area contributed by atoms with Gasteiger partial charge in [0.15, 0.2) is 12.1 Å². The summed E-state index contributed by atoms with van der Waals surface area (Å²) in [5.41, 5.74) is 0.408. The Bertz CT molecular complexity index is 416. The molecule has 1 aromatic carbocycles. The Labute approximate surface area is 110 Å². The third-order valence-corrected chi connectivity index (χ3v) is 2.98. The molecule has 0 atom stereocenters. The van der Waals surface area contributed by atoms with Gasteiger partial charge in [0.05, 0.1) is 10.0 Å². The van der Waals surface area contributed by atoms with Crippen LogP contribution >= 0.6 is 31.9 Å². The maximum atomic E-state index is 11.1. The molecule has 0 aliphatic carbocycles. The van der Waals surface area contributed by atoms with Crippen LogP contribution in [0.15, 0.2) is 21.1 Å². The molecule has 1 aromatic rings. The molecule has 0 N–H and O–H groups in total. The highest BCUT2D eigenvalue weighted by molar-refractivity contribution is 9.11. The van der Waals surface area contributed by atoms with Crippen LogP contribution in [-0.2, 0) is 4.79 Å². The molecule has 0 saturated heterocycles. The molecule has 0 saturated carbocycles. The van der Waals surface area contributed by atoms with Crippen molar-refractivity contribution < 1.29 is 14.3 Å². The van der Waals surface area contributed by atoms with Crippen molar-refractivity contribution in [2.24, 2.45) is 0 Å². The Morgan fingerprint density at radius 1 is 1.44 bits per heavy atom. The van der Waals surface area contributed by atoms with Crippen LogP contribution in [-0.4, -0.2) is 18.7 Å². The SMILES string of the molecule is CCC(=O)COc1c(Br)cc(Br)cc1C=O.